The molecule has 0 aliphatic carbocycles. The molecule has 1 heterocycles. The maximum absolute atomic E-state index is 5.64. The van der Waals surface area contributed by atoms with Gasteiger partial charge in [-0.1, -0.05) is 13.1 Å². The highest BCUT2D eigenvalue weighted by atomic mass is 79.9. The standard InChI is InChI=1S/C8H12BrClN2OSi/c1-14(2)4-3-13-7-6(9)5-11-8(10)12-7/h5,14H,3-4H2,1-2H3. The van der Waals surface area contributed by atoms with Crippen LogP contribution in [0.4, 0.5) is 0 Å². The zero-order valence-electron chi connectivity index (χ0n) is 8.13. The molecule has 0 saturated carbocycles. The third kappa shape index (κ3) is 3.94. The molecule has 78 valence electrons. The van der Waals surface area contributed by atoms with E-state index in [0.717, 1.165) is 10.5 Å². The minimum Gasteiger partial charge on any atom is -0.477 e. The van der Waals surface area contributed by atoms with E-state index in [2.05, 4.69) is 39.0 Å². The van der Waals surface area contributed by atoms with E-state index in [-0.39, 0.29) is 5.28 Å². The topological polar surface area (TPSA) is 35.0 Å². The van der Waals surface area contributed by atoms with Crippen LogP contribution in [0.2, 0.25) is 24.4 Å². The van der Waals surface area contributed by atoms with Crippen LogP contribution in [0.1, 0.15) is 0 Å². The Morgan fingerprint density at radius 1 is 1.57 bits per heavy atom. The predicted molar refractivity (Wildman–Crippen MR) is 63.9 cm³/mol. The minimum absolute atomic E-state index is 0.213. The lowest BCUT2D eigenvalue weighted by atomic mass is 10.6. The monoisotopic (exact) mass is 294 g/mol. The molecule has 0 spiro atoms. The Morgan fingerprint density at radius 3 is 2.93 bits per heavy atom. The molecule has 0 fully saturated rings. The van der Waals surface area contributed by atoms with Crippen molar-refractivity contribution in [1.82, 2.24) is 9.97 Å². The molecule has 1 aromatic rings. The SMILES string of the molecule is C[SiH](C)CCOc1nc(Cl)ncc1Br. The van der Waals surface area contributed by atoms with E-state index in [9.17, 15) is 0 Å². The fourth-order valence-corrected chi connectivity index (χ4v) is 1.84. The van der Waals surface area contributed by atoms with E-state index < -0.39 is 8.80 Å². The molecule has 0 amide bonds. The Hall–Kier alpha value is -0.133. The summed E-state index contributed by atoms with van der Waals surface area (Å²) in [5, 5.41) is 0.213. The van der Waals surface area contributed by atoms with E-state index in [4.69, 9.17) is 16.3 Å². The Balaban J connectivity index is 2.53. The van der Waals surface area contributed by atoms with Gasteiger partial charge in [0.1, 0.15) is 0 Å². The third-order valence-corrected chi connectivity index (χ3v) is 3.73. The first-order valence-electron chi connectivity index (χ1n) is 4.40. The molecule has 14 heavy (non-hydrogen) atoms. The fourth-order valence-electron chi connectivity index (χ4n) is 0.824. The molecule has 0 aliphatic rings. The predicted octanol–water partition coefficient (Wildman–Crippen LogP) is 2.76. The molecule has 3 nitrogen and oxygen atoms in total. The van der Waals surface area contributed by atoms with Crippen molar-refractivity contribution >= 4 is 36.3 Å². The summed E-state index contributed by atoms with van der Waals surface area (Å²) in [4.78, 5) is 7.79. The van der Waals surface area contributed by atoms with Crippen LogP contribution in [0.5, 0.6) is 5.88 Å². The van der Waals surface area contributed by atoms with Gasteiger partial charge in [-0.2, -0.15) is 4.98 Å². The van der Waals surface area contributed by atoms with Crippen LogP contribution in [-0.4, -0.2) is 25.4 Å². The number of aromatic nitrogens is 2. The second kappa shape index (κ2) is 5.68. The Morgan fingerprint density at radius 2 is 2.29 bits per heavy atom. The number of halogens is 2. The Labute approximate surface area is 98.6 Å². The molecule has 0 bridgehead atoms. The lowest BCUT2D eigenvalue weighted by molar-refractivity contribution is 0.323. The molecular formula is C8H12BrClN2OSi. The molecule has 1 rings (SSSR count). The quantitative estimate of drug-likeness (QED) is 0.633. The summed E-state index contributed by atoms with van der Waals surface area (Å²) in [5.74, 6) is 0.527. The van der Waals surface area contributed by atoms with Crippen molar-refractivity contribution in [3.63, 3.8) is 0 Å². The van der Waals surface area contributed by atoms with E-state index in [1.807, 2.05) is 0 Å². The van der Waals surface area contributed by atoms with Crippen molar-refractivity contribution in [3.05, 3.63) is 16.0 Å². The molecule has 0 atom stereocenters. The lowest BCUT2D eigenvalue weighted by Crippen LogP contribution is -2.08. The maximum Gasteiger partial charge on any atom is 0.232 e. The number of ether oxygens (including phenoxy) is 1. The van der Waals surface area contributed by atoms with Gasteiger partial charge in [0, 0.05) is 15.0 Å². The molecular weight excluding hydrogens is 284 g/mol. The number of hydrogen-bond acceptors (Lipinski definition) is 3. The lowest BCUT2D eigenvalue weighted by Gasteiger charge is -2.07. The normalized spacial score (nSPS) is 10.6. The van der Waals surface area contributed by atoms with Crippen LogP contribution in [-0.2, 0) is 0 Å². The maximum atomic E-state index is 5.64. The largest absolute Gasteiger partial charge is 0.477 e. The van der Waals surface area contributed by atoms with Crippen LogP contribution >= 0.6 is 27.5 Å². The van der Waals surface area contributed by atoms with Crippen molar-refractivity contribution in [3.8, 4) is 5.88 Å². The zero-order valence-corrected chi connectivity index (χ0v) is 11.6. The number of hydrogen-bond donors (Lipinski definition) is 0. The first kappa shape index (κ1) is 11.9. The highest BCUT2D eigenvalue weighted by Gasteiger charge is 2.05. The fraction of sp³-hybridized carbons (Fsp3) is 0.500. The molecule has 6 heteroatoms. The third-order valence-electron chi connectivity index (χ3n) is 1.62. The van der Waals surface area contributed by atoms with Crippen LogP contribution in [0.3, 0.4) is 0 Å². The van der Waals surface area contributed by atoms with Gasteiger partial charge in [0.2, 0.25) is 11.2 Å². The summed E-state index contributed by atoms with van der Waals surface area (Å²) < 4.78 is 6.22. The van der Waals surface area contributed by atoms with Gasteiger partial charge in [-0.25, -0.2) is 4.98 Å². The first-order chi connectivity index (χ1) is 6.59. The first-order valence-corrected chi connectivity index (χ1v) is 8.70. The van der Waals surface area contributed by atoms with Gasteiger partial charge < -0.3 is 4.74 Å². The summed E-state index contributed by atoms with van der Waals surface area (Å²) in [6.07, 6.45) is 1.59. The van der Waals surface area contributed by atoms with Gasteiger partial charge in [0.15, 0.2) is 0 Å². The highest BCUT2D eigenvalue weighted by molar-refractivity contribution is 9.10. The van der Waals surface area contributed by atoms with Gasteiger partial charge in [-0.05, 0) is 33.6 Å². The number of nitrogens with zero attached hydrogens (tertiary/aromatic N) is 2. The average molecular weight is 296 g/mol. The second-order valence-corrected chi connectivity index (χ2v) is 7.88. The summed E-state index contributed by atoms with van der Waals surface area (Å²) in [7, 11) is -0.556. The van der Waals surface area contributed by atoms with Crippen LogP contribution < -0.4 is 4.74 Å². The van der Waals surface area contributed by atoms with Crippen molar-refractivity contribution in [2.24, 2.45) is 0 Å². The minimum atomic E-state index is -0.556. The average Bonchev–Trinajstić information content (AvgIpc) is 2.10. The summed E-state index contributed by atoms with van der Waals surface area (Å²) in [6, 6.07) is 1.13. The molecule has 0 aromatic carbocycles. The second-order valence-electron chi connectivity index (χ2n) is 3.32. The summed E-state index contributed by atoms with van der Waals surface area (Å²) >= 11 is 8.94. The van der Waals surface area contributed by atoms with Gasteiger partial charge >= 0.3 is 0 Å². The van der Waals surface area contributed by atoms with Crippen LogP contribution in [0.25, 0.3) is 0 Å². The molecule has 0 saturated heterocycles. The summed E-state index contributed by atoms with van der Waals surface area (Å²) in [5.41, 5.74) is 0. The molecule has 0 radical (unpaired) electrons. The van der Waals surface area contributed by atoms with Crippen molar-refractivity contribution in [2.45, 2.75) is 19.1 Å². The van der Waals surface area contributed by atoms with E-state index in [1.165, 1.54) is 0 Å². The van der Waals surface area contributed by atoms with E-state index in [0.29, 0.717) is 12.5 Å². The van der Waals surface area contributed by atoms with Crippen molar-refractivity contribution in [1.29, 1.82) is 0 Å². The molecule has 0 N–H and O–H groups in total. The van der Waals surface area contributed by atoms with Crippen molar-refractivity contribution in [2.75, 3.05) is 6.61 Å². The van der Waals surface area contributed by atoms with E-state index >= 15 is 0 Å². The molecule has 0 aliphatic heterocycles. The van der Waals surface area contributed by atoms with Crippen LogP contribution in [0.15, 0.2) is 10.7 Å². The Kier molecular flexibility index (Phi) is 4.84. The molecule has 1 aromatic heterocycles. The van der Waals surface area contributed by atoms with Gasteiger partial charge in [0.25, 0.3) is 0 Å². The zero-order chi connectivity index (χ0) is 10.6. The molecule has 0 unspecified atom stereocenters. The summed E-state index contributed by atoms with van der Waals surface area (Å²) in [6.45, 7) is 5.27. The number of rotatable bonds is 4. The Bertz CT molecular complexity index is 311. The van der Waals surface area contributed by atoms with Crippen molar-refractivity contribution < 1.29 is 4.74 Å². The smallest absolute Gasteiger partial charge is 0.232 e. The van der Waals surface area contributed by atoms with Gasteiger partial charge in [-0.15, -0.1) is 0 Å². The van der Waals surface area contributed by atoms with Gasteiger partial charge in [0.05, 0.1) is 11.1 Å². The van der Waals surface area contributed by atoms with Crippen LogP contribution in [0, 0.1) is 0 Å². The highest BCUT2D eigenvalue weighted by Crippen LogP contribution is 2.22. The van der Waals surface area contributed by atoms with E-state index in [1.54, 1.807) is 6.20 Å². The van der Waals surface area contributed by atoms with Gasteiger partial charge in [-0.3, -0.25) is 0 Å².